The third-order valence-electron chi connectivity index (χ3n) is 5.10. The van der Waals surface area contributed by atoms with Crippen LogP contribution < -0.4 is 23.9 Å². The van der Waals surface area contributed by atoms with E-state index in [2.05, 4.69) is 26.5 Å². The van der Waals surface area contributed by atoms with Crippen LogP contribution in [-0.4, -0.2) is 48.4 Å². The number of hydrogen-bond donors (Lipinski definition) is 1. The van der Waals surface area contributed by atoms with Gasteiger partial charge in [-0.05, 0) is 55.5 Å². The van der Waals surface area contributed by atoms with Gasteiger partial charge in [-0.2, -0.15) is 5.10 Å². The van der Waals surface area contributed by atoms with Crippen LogP contribution in [0.2, 0.25) is 0 Å². The molecule has 0 atom stereocenters. The Balaban J connectivity index is 1.84. The Hall–Kier alpha value is -3.57. The molecule has 0 aliphatic heterocycles. The number of hydrazone groups is 1. The SMILES string of the molecule is COc1cc(/C=N\NC(=O)CN(c2ccc(Br)cc2)S(=O)(=O)c2ccc(C)cc2)cc(OC)c1OC. The number of nitrogens with one attached hydrogen (secondary N) is 1. The molecule has 11 heteroatoms. The van der Waals surface area contributed by atoms with Gasteiger partial charge in [-0.25, -0.2) is 13.8 Å². The minimum Gasteiger partial charge on any atom is -0.493 e. The van der Waals surface area contributed by atoms with Gasteiger partial charge in [0.15, 0.2) is 11.5 Å². The Morgan fingerprint density at radius 2 is 1.56 bits per heavy atom. The van der Waals surface area contributed by atoms with Gasteiger partial charge >= 0.3 is 0 Å². The van der Waals surface area contributed by atoms with Gasteiger partial charge in [0, 0.05) is 10.0 Å². The highest BCUT2D eigenvalue weighted by Crippen LogP contribution is 2.37. The predicted octanol–water partition coefficient (Wildman–Crippen LogP) is 4.13. The molecule has 0 aliphatic rings. The molecule has 0 bridgehead atoms. The first-order chi connectivity index (χ1) is 17.2. The number of ether oxygens (including phenoxy) is 3. The van der Waals surface area contributed by atoms with E-state index in [1.54, 1.807) is 48.5 Å². The van der Waals surface area contributed by atoms with Crippen molar-refractivity contribution in [1.82, 2.24) is 5.43 Å². The van der Waals surface area contributed by atoms with E-state index in [1.807, 2.05) is 6.92 Å². The normalized spacial score (nSPS) is 11.2. The van der Waals surface area contributed by atoms with Gasteiger partial charge in [0.05, 0.1) is 38.1 Å². The van der Waals surface area contributed by atoms with Crippen LogP contribution in [0.3, 0.4) is 0 Å². The molecule has 0 aliphatic carbocycles. The summed E-state index contributed by atoms with van der Waals surface area (Å²) in [6, 6.07) is 16.4. The van der Waals surface area contributed by atoms with Crippen molar-refractivity contribution in [2.75, 3.05) is 32.2 Å². The number of amides is 1. The fraction of sp³-hybridized carbons (Fsp3) is 0.200. The lowest BCUT2D eigenvalue weighted by Crippen LogP contribution is -2.39. The maximum atomic E-state index is 13.4. The summed E-state index contributed by atoms with van der Waals surface area (Å²) < 4.78 is 44.6. The molecule has 3 aromatic carbocycles. The summed E-state index contributed by atoms with van der Waals surface area (Å²) in [6.07, 6.45) is 1.39. The number of methoxy groups -OCH3 is 3. The second kappa shape index (κ2) is 11.9. The standard InChI is InChI=1S/C25H26BrN3O6S/c1-17-5-11-21(12-6-17)36(31,32)29(20-9-7-19(26)8-10-20)16-24(30)28-27-15-18-13-22(33-2)25(35-4)23(14-18)34-3/h5-15H,16H2,1-4H3,(H,28,30)/b27-15-. The number of rotatable bonds is 10. The molecule has 0 heterocycles. The zero-order valence-corrected chi connectivity index (χ0v) is 22.6. The molecule has 0 fully saturated rings. The number of hydrogen-bond acceptors (Lipinski definition) is 7. The molecule has 190 valence electrons. The van der Waals surface area contributed by atoms with Gasteiger partial charge in [-0.15, -0.1) is 0 Å². The fourth-order valence-corrected chi connectivity index (χ4v) is 4.97. The van der Waals surface area contributed by atoms with Crippen LogP contribution in [0.1, 0.15) is 11.1 Å². The number of benzene rings is 3. The lowest BCUT2D eigenvalue weighted by molar-refractivity contribution is -0.119. The van der Waals surface area contributed by atoms with Crippen LogP contribution in [0.25, 0.3) is 0 Å². The first kappa shape index (κ1) is 27.0. The van der Waals surface area contributed by atoms with E-state index in [-0.39, 0.29) is 4.90 Å². The van der Waals surface area contributed by atoms with E-state index in [0.717, 1.165) is 14.3 Å². The molecule has 0 aromatic heterocycles. The minimum absolute atomic E-state index is 0.0738. The van der Waals surface area contributed by atoms with Crippen LogP contribution in [0.15, 0.2) is 75.1 Å². The average molecular weight is 576 g/mol. The Bertz CT molecular complexity index is 1320. The lowest BCUT2D eigenvalue weighted by atomic mass is 10.2. The summed E-state index contributed by atoms with van der Waals surface area (Å²) in [5.41, 5.74) is 4.21. The zero-order chi connectivity index (χ0) is 26.3. The number of anilines is 1. The second-order valence-corrected chi connectivity index (χ2v) is 10.3. The van der Waals surface area contributed by atoms with Gasteiger partial charge in [-0.1, -0.05) is 33.6 Å². The van der Waals surface area contributed by atoms with Gasteiger partial charge in [0.1, 0.15) is 6.54 Å². The molecule has 0 saturated heterocycles. The molecule has 9 nitrogen and oxygen atoms in total. The van der Waals surface area contributed by atoms with Crippen molar-refractivity contribution in [2.45, 2.75) is 11.8 Å². The number of halogens is 1. The van der Waals surface area contributed by atoms with E-state index in [0.29, 0.717) is 28.5 Å². The summed E-state index contributed by atoms with van der Waals surface area (Å²) in [7, 11) is 0.455. The highest BCUT2D eigenvalue weighted by Gasteiger charge is 2.27. The highest BCUT2D eigenvalue weighted by atomic mass is 79.9. The van der Waals surface area contributed by atoms with Gasteiger partial charge in [-0.3, -0.25) is 9.10 Å². The van der Waals surface area contributed by atoms with Crippen LogP contribution in [0.4, 0.5) is 5.69 Å². The van der Waals surface area contributed by atoms with Crippen molar-refractivity contribution in [2.24, 2.45) is 5.10 Å². The largest absolute Gasteiger partial charge is 0.493 e. The summed E-state index contributed by atoms with van der Waals surface area (Å²) in [5.74, 6) is 0.649. The van der Waals surface area contributed by atoms with Gasteiger partial charge < -0.3 is 14.2 Å². The Labute approximate surface area is 218 Å². The smallest absolute Gasteiger partial charge is 0.264 e. The summed E-state index contributed by atoms with van der Waals surface area (Å²) >= 11 is 3.34. The number of sulfonamides is 1. The van der Waals surface area contributed by atoms with E-state index in [4.69, 9.17) is 14.2 Å². The van der Waals surface area contributed by atoms with Crippen molar-refractivity contribution in [3.05, 3.63) is 76.3 Å². The third kappa shape index (κ3) is 6.35. The second-order valence-electron chi connectivity index (χ2n) is 7.55. The van der Waals surface area contributed by atoms with Crippen molar-refractivity contribution in [3.63, 3.8) is 0 Å². The third-order valence-corrected chi connectivity index (χ3v) is 7.42. The predicted molar refractivity (Wildman–Crippen MR) is 142 cm³/mol. The molecule has 3 rings (SSSR count). The number of aryl methyl sites for hydroxylation is 1. The highest BCUT2D eigenvalue weighted by molar-refractivity contribution is 9.10. The quantitative estimate of drug-likeness (QED) is 0.288. The molecule has 1 N–H and O–H groups in total. The first-order valence-electron chi connectivity index (χ1n) is 10.7. The molecule has 0 saturated carbocycles. The van der Waals surface area contributed by atoms with Crippen molar-refractivity contribution < 1.29 is 27.4 Å². The van der Waals surface area contributed by atoms with Crippen LogP contribution >= 0.6 is 15.9 Å². The number of carbonyl (C=O) groups excluding carboxylic acids is 1. The molecule has 0 unspecified atom stereocenters. The van der Waals surface area contributed by atoms with E-state index in [1.165, 1.54) is 39.7 Å². The van der Waals surface area contributed by atoms with E-state index >= 15 is 0 Å². The summed E-state index contributed by atoms with van der Waals surface area (Å²) in [6.45, 7) is 1.38. The topological polar surface area (TPSA) is 107 Å². The molecule has 0 radical (unpaired) electrons. The average Bonchev–Trinajstić information content (AvgIpc) is 2.87. The molecular weight excluding hydrogens is 550 g/mol. The maximum Gasteiger partial charge on any atom is 0.264 e. The van der Waals surface area contributed by atoms with Crippen LogP contribution in [0.5, 0.6) is 17.2 Å². The Morgan fingerprint density at radius 1 is 0.972 bits per heavy atom. The van der Waals surface area contributed by atoms with Crippen LogP contribution in [0, 0.1) is 6.92 Å². The molecule has 3 aromatic rings. The molecule has 36 heavy (non-hydrogen) atoms. The van der Waals surface area contributed by atoms with Gasteiger partial charge in [0.2, 0.25) is 5.75 Å². The first-order valence-corrected chi connectivity index (χ1v) is 12.9. The van der Waals surface area contributed by atoms with Crippen molar-refractivity contribution >= 4 is 43.8 Å². The van der Waals surface area contributed by atoms with Crippen molar-refractivity contribution in [3.8, 4) is 17.2 Å². The number of nitrogens with zero attached hydrogens (tertiary/aromatic N) is 2. The summed E-state index contributed by atoms with van der Waals surface area (Å²) in [4.78, 5) is 12.8. The molecule has 0 spiro atoms. The van der Waals surface area contributed by atoms with Crippen LogP contribution in [-0.2, 0) is 14.8 Å². The van der Waals surface area contributed by atoms with Gasteiger partial charge in [0.25, 0.3) is 15.9 Å². The fourth-order valence-electron chi connectivity index (χ4n) is 3.28. The summed E-state index contributed by atoms with van der Waals surface area (Å²) in [5, 5.41) is 3.97. The Kier molecular flexibility index (Phi) is 8.94. The monoisotopic (exact) mass is 575 g/mol. The zero-order valence-electron chi connectivity index (χ0n) is 20.2. The molecular formula is C25H26BrN3O6S. The van der Waals surface area contributed by atoms with Crippen molar-refractivity contribution in [1.29, 1.82) is 0 Å². The maximum absolute atomic E-state index is 13.4. The molecule has 1 amide bonds. The number of carbonyl (C=O) groups is 1. The lowest BCUT2D eigenvalue weighted by Gasteiger charge is -2.23. The minimum atomic E-state index is -4.02. The Morgan fingerprint density at radius 3 is 2.08 bits per heavy atom. The van der Waals surface area contributed by atoms with E-state index in [9.17, 15) is 13.2 Å². The van der Waals surface area contributed by atoms with E-state index < -0.39 is 22.5 Å².